The van der Waals surface area contributed by atoms with Crippen LogP contribution in [-0.4, -0.2) is 31.4 Å². The van der Waals surface area contributed by atoms with Crippen molar-refractivity contribution in [2.24, 2.45) is 0 Å². The molecule has 2 heterocycles. The molecule has 2 aromatic carbocycles. The van der Waals surface area contributed by atoms with Crippen molar-refractivity contribution in [3.8, 4) is 11.4 Å². The van der Waals surface area contributed by atoms with E-state index in [4.69, 9.17) is 0 Å². The minimum Gasteiger partial charge on any atom is -0.360 e. The highest BCUT2D eigenvalue weighted by atomic mass is 32.2. The minimum atomic E-state index is 0.0516. The summed E-state index contributed by atoms with van der Waals surface area (Å²) in [6, 6.07) is 17.2. The summed E-state index contributed by atoms with van der Waals surface area (Å²) >= 11 is 1.48. The second kappa shape index (κ2) is 8.13. The molecule has 0 aliphatic heterocycles. The molecule has 2 aliphatic rings. The van der Waals surface area contributed by atoms with Crippen molar-refractivity contribution in [2.45, 2.75) is 49.3 Å². The Bertz CT molecular complexity index is 1290. The Hall–Kier alpha value is -3.06. The van der Waals surface area contributed by atoms with Crippen LogP contribution in [0.2, 0.25) is 0 Å². The number of fused-ring (bicyclic) bond motifs is 2. The largest absolute Gasteiger partial charge is 0.360 e. The van der Waals surface area contributed by atoms with Crippen LogP contribution >= 0.6 is 11.8 Å². The third kappa shape index (κ3) is 3.60. The first kappa shape index (κ1) is 19.6. The van der Waals surface area contributed by atoms with Crippen molar-refractivity contribution in [3.05, 3.63) is 65.9 Å². The van der Waals surface area contributed by atoms with Gasteiger partial charge >= 0.3 is 0 Å². The number of aromatic nitrogens is 4. The van der Waals surface area contributed by atoms with Gasteiger partial charge in [-0.15, -0.1) is 10.2 Å². The maximum absolute atomic E-state index is 12.8. The summed E-state index contributed by atoms with van der Waals surface area (Å²) in [5, 5.41) is 14.2. The van der Waals surface area contributed by atoms with E-state index in [9.17, 15) is 4.79 Å². The first-order valence-electron chi connectivity index (χ1n) is 11.3. The van der Waals surface area contributed by atoms with Gasteiger partial charge in [0, 0.05) is 28.7 Å². The molecule has 0 radical (unpaired) electrons. The molecule has 1 fully saturated rings. The molecule has 1 atom stereocenters. The molecule has 0 saturated heterocycles. The van der Waals surface area contributed by atoms with Gasteiger partial charge in [-0.2, -0.15) is 0 Å². The average molecular weight is 444 g/mol. The van der Waals surface area contributed by atoms with Gasteiger partial charge in [-0.3, -0.25) is 9.36 Å². The zero-order chi connectivity index (χ0) is 21.5. The molecule has 6 rings (SSSR count). The fraction of sp³-hybridized carbons (Fsp3) is 0.320. The number of aromatic amines is 1. The van der Waals surface area contributed by atoms with Crippen LogP contribution in [0.25, 0.3) is 22.3 Å². The predicted octanol–water partition coefficient (Wildman–Crippen LogP) is 5.05. The Morgan fingerprint density at radius 1 is 1.09 bits per heavy atom. The Balaban J connectivity index is 1.20. The van der Waals surface area contributed by atoms with Crippen molar-refractivity contribution >= 4 is 28.6 Å². The monoisotopic (exact) mass is 443 g/mol. The van der Waals surface area contributed by atoms with Crippen LogP contribution in [0, 0.1) is 0 Å². The van der Waals surface area contributed by atoms with Gasteiger partial charge in [0.1, 0.15) is 0 Å². The van der Waals surface area contributed by atoms with Crippen LogP contribution in [0.4, 0.5) is 0 Å². The van der Waals surface area contributed by atoms with Gasteiger partial charge in [0.25, 0.3) is 0 Å². The molecule has 4 aromatic rings. The van der Waals surface area contributed by atoms with Gasteiger partial charge in [-0.1, -0.05) is 54.2 Å². The molecule has 0 spiro atoms. The number of aryl methyl sites for hydroxylation is 1. The highest BCUT2D eigenvalue weighted by Crippen LogP contribution is 2.42. The van der Waals surface area contributed by atoms with E-state index in [0.29, 0.717) is 11.8 Å². The van der Waals surface area contributed by atoms with Gasteiger partial charge in [0.05, 0.1) is 11.8 Å². The average Bonchev–Trinajstić information content (AvgIpc) is 3.43. The smallest absolute Gasteiger partial charge is 0.230 e. The summed E-state index contributed by atoms with van der Waals surface area (Å²) in [6.07, 6.45) is 7.47. The SMILES string of the molecule is O=C(CSc1nnc(-c2c[nH]c3ccccc23)n1C1CC1)N[C@H]1CCCc2ccccc21. The lowest BCUT2D eigenvalue weighted by molar-refractivity contribution is -0.119. The number of benzene rings is 2. The molecule has 7 heteroatoms. The topological polar surface area (TPSA) is 75.6 Å². The number of nitrogens with zero attached hydrogens (tertiary/aromatic N) is 3. The lowest BCUT2D eigenvalue weighted by Crippen LogP contribution is -2.32. The fourth-order valence-electron chi connectivity index (χ4n) is 4.75. The molecule has 2 aliphatic carbocycles. The van der Waals surface area contributed by atoms with E-state index < -0.39 is 0 Å². The summed E-state index contributed by atoms with van der Waals surface area (Å²) in [5.74, 6) is 1.28. The van der Waals surface area contributed by atoms with Crippen molar-refractivity contribution in [2.75, 3.05) is 5.75 Å². The number of rotatable bonds is 6. The normalized spacial score (nSPS) is 17.9. The second-order valence-corrected chi connectivity index (χ2v) is 9.60. The molecular formula is C25H25N5OS. The molecule has 1 saturated carbocycles. The number of thioether (sulfide) groups is 1. The quantitative estimate of drug-likeness (QED) is 0.409. The third-order valence-corrected chi connectivity index (χ3v) is 7.39. The van der Waals surface area contributed by atoms with E-state index >= 15 is 0 Å². The molecular weight excluding hydrogens is 418 g/mol. The summed E-state index contributed by atoms with van der Waals surface area (Å²) in [4.78, 5) is 16.1. The standard InChI is InChI=1S/C25H25N5OS/c31-23(27-22-11-5-7-16-6-1-2-8-18(16)22)15-32-25-29-28-24(30(25)17-12-13-17)20-14-26-21-10-4-3-9-19(20)21/h1-4,6,8-10,14,17,22,26H,5,7,11-13,15H2,(H,27,31)/t22-/m0/s1. The van der Waals surface area contributed by atoms with Crippen LogP contribution in [0.5, 0.6) is 0 Å². The molecule has 0 bridgehead atoms. The van der Waals surface area contributed by atoms with E-state index in [2.05, 4.69) is 61.5 Å². The summed E-state index contributed by atoms with van der Waals surface area (Å²) in [6.45, 7) is 0. The molecule has 162 valence electrons. The number of hydrogen-bond donors (Lipinski definition) is 2. The number of hydrogen-bond acceptors (Lipinski definition) is 4. The van der Waals surface area contributed by atoms with E-state index in [0.717, 1.165) is 59.6 Å². The van der Waals surface area contributed by atoms with E-state index in [1.807, 2.05) is 18.3 Å². The van der Waals surface area contributed by atoms with Gasteiger partial charge in [0.2, 0.25) is 5.91 Å². The summed E-state index contributed by atoms with van der Waals surface area (Å²) < 4.78 is 2.23. The van der Waals surface area contributed by atoms with Crippen LogP contribution in [0.15, 0.2) is 59.9 Å². The van der Waals surface area contributed by atoms with Crippen molar-refractivity contribution in [1.29, 1.82) is 0 Å². The fourth-order valence-corrected chi connectivity index (χ4v) is 5.56. The predicted molar refractivity (Wildman–Crippen MR) is 127 cm³/mol. The van der Waals surface area contributed by atoms with Gasteiger partial charge in [0.15, 0.2) is 11.0 Å². The Morgan fingerprint density at radius 2 is 1.94 bits per heavy atom. The van der Waals surface area contributed by atoms with Gasteiger partial charge in [-0.25, -0.2) is 0 Å². The van der Waals surface area contributed by atoms with Crippen molar-refractivity contribution in [3.63, 3.8) is 0 Å². The Morgan fingerprint density at radius 3 is 2.84 bits per heavy atom. The molecule has 0 unspecified atom stereocenters. The Labute approximate surface area is 190 Å². The van der Waals surface area contributed by atoms with Crippen LogP contribution in [0.3, 0.4) is 0 Å². The lowest BCUT2D eigenvalue weighted by Gasteiger charge is -2.26. The zero-order valence-corrected chi connectivity index (χ0v) is 18.6. The maximum atomic E-state index is 12.8. The Kier molecular flexibility index (Phi) is 4.98. The van der Waals surface area contributed by atoms with Crippen LogP contribution in [-0.2, 0) is 11.2 Å². The number of amides is 1. The highest BCUT2D eigenvalue weighted by molar-refractivity contribution is 7.99. The molecule has 2 aromatic heterocycles. The molecule has 32 heavy (non-hydrogen) atoms. The lowest BCUT2D eigenvalue weighted by atomic mass is 9.88. The minimum absolute atomic E-state index is 0.0516. The summed E-state index contributed by atoms with van der Waals surface area (Å²) in [5.41, 5.74) is 4.78. The zero-order valence-electron chi connectivity index (χ0n) is 17.8. The first-order chi connectivity index (χ1) is 15.8. The second-order valence-electron chi connectivity index (χ2n) is 8.66. The van der Waals surface area contributed by atoms with Crippen LogP contribution in [0.1, 0.15) is 48.9 Å². The van der Waals surface area contributed by atoms with Crippen molar-refractivity contribution in [1.82, 2.24) is 25.1 Å². The number of nitrogens with one attached hydrogen (secondary N) is 2. The number of carbonyl (C=O) groups excluding carboxylic acids is 1. The van der Waals surface area contributed by atoms with E-state index in [1.165, 1.54) is 22.9 Å². The highest BCUT2D eigenvalue weighted by Gasteiger charge is 2.31. The molecule has 1 amide bonds. The molecule has 6 nitrogen and oxygen atoms in total. The first-order valence-corrected chi connectivity index (χ1v) is 12.3. The number of H-pyrrole nitrogens is 1. The maximum Gasteiger partial charge on any atom is 0.230 e. The molecule has 2 N–H and O–H groups in total. The van der Waals surface area contributed by atoms with Crippen molar-refractivity contribution < 1.29 is 4.79 Å². The number of carbonyl (C=O) groups is 1. The van der Waals surface area contributed by atoms with E-state index in [1.54, 1.807) is 0 Å². The van der Waals surface area contributed by atoms with Crippen LogP contribution < -0.4 is 5.32 Å². The summed E-state index contributed by atoms with van der Waals surface area (Å²) in [7, 11) is 0. The number of para-hydroxylation sites is 1. The van der Waals surface area contributed by atoms with Gasteiger partial charge in [-0.05, 0) is 49.3 Å². The van der Waals surface area contributed by atoms with E-state index in [-0.39, 0.29) is 11.9 Å². The van der Waals surface area contributed by atoms with Gasteiger partial charge < -0.3 is 10.3 Å². The third-order valence-electron chi connectivity index (χ3n) is 6.44.